The van der Waals surface area contributed by atoms with Gasteiger partial charge in [-0.2, -0.15) is 0 Å². The van der Waals surface area contributed by atoms with Crippen LogP contribution in [0.3, 0.4) is 0 Å². The van der Waals surface area contributed by atoms with Crippen LogP contribution in [0.15, 0.2) is 12.1 Å². The first-order valence-corrected chi connectivity index (χ1v) is 11.1. The van der Waals surface area contributed by atoms with Gasteiger partial charge >= 0.3 is 0 Å². The van der Waals surface area contributed by atoms with Crippen molar-refractivity contribution in [1.29, 1.82) is 0 Å². The summed E-state index contributed by atoms with van der Waals surface area (Å²) in [7, 11) is 0. The van der Waals surface area contributed by atoms with Gasteiger partial charge in [0, 0.05) is 5.56 Å². The SMILES string of the molecule is Cc1cc(O[C@@H]2O[C@H](CO)[C@@H](O)[C@H](O)[C@H]2O)c(C(C)C)cc1O[C@@H]1O[C@H](CO)[C@@H](O)[C@H](O)[C@H]1O. The molecule has 2 fully saturated rings. The highest BCUT2D eigenvalue weighted by atomic mass is 16.7. The molecule has 3 rings (SSSR count). The van der Waals surface area contributed by atoms with Crippen LogP contribution >= 0.6 is 0 Å². The van der Waals surface area contributed by atoms with Crippen LogP contribution in [0.2, 0.25) is 0 Å². The van der Waals surface area contributed by atoms with Crippen LogP contribution in [-0.4, -0.2) is 115 Å². The van der Waals surface area contributed by atoms with Gasteiger partial charge in [-0.1, -0.05) is 13.8 Å². The largest absolute Gasteiger partial charge is 0.462 e. The maximum absolute atomic E-state index is 10.3. The minimum Gasteiger partial charge on any atom is -0.462 e. The molecule has 12 nitrogen and oxygen atoms in total. The van der Waals surface area contributed by atoms with E-state index in [1.54, 1.807) is 19.1 Å². The van der Waals surface area contributed by atoms with Crippen LogP contribution in [-0.2, 0) is 9.47 Å². The maximum atomic E-state index is 10.3. The predicted octanol–water partition coefficient (Wildman–Crippen LogP) is -2.52. The molecule has 2 saturated heterocycles. The molecule has 12 heteroatoms. The van der Waals surface area contributed by atoms with Crippen LogP contribution in [0.25, 0.3) is 0 Å². The minimum absolute atomic E-state index is 0.127. The number of benzene rings is 1. The van der Waals surface area contributed by atoms with Gasteiger partial charge in [-0.15, -0.1) is 0 Å². The molecule has 34 heavy (non-hydrogen) atoms. The summed E-state index contributed by atoms with van der Waals surface area (Å²) < 4.78 is 22.4. The maximum Gasteiger partial charge on any atom is 0.229 e. The van der Waals surface area contributed by atoms with Crippen molar-refractivity contribution in [2.24, 2.45) is 0 Å². The third-order valence-electron chi connectivity index (χ3n) is 6.11. The van der Waals surface area contributed by atoms with Gasteiger partial charge in [-0.3, -0.25) is 0 Å². The van der Waals surface area contributed by atoms with E-state index in [1.165, 1.54) is 0 Å². The van der Waals surface area contributed by atoms with E-state index in [1.807, 2.05) is 13.8 Å². The summed E-state index contributed by atoms with van der Waals surface area (Å²) >= 11 is 0. The molecule has 0 saturated carbocycles. The van der Waals surface area contributed by atoms with Crippen molar-refractivity contribution < 1.29 is 59.8 Å². The third-order valence-corrected chi connectivity index (χ3v) is 6.11. The topological polar surface area (TPSA) is 199 Å². The number of aliphatic hydroxyl groups is 8. The molecule has 2 aliphatic heterocycles. The second kappa shape index (κ2) is 11.0. The standard InChI is InChI=1S/C22H34O12/c1-8(2)10-5-11(31-21-19(29)17(27)15(25)13(6-23)33-21)9(3)4-12(10)32-22-20(30)18(28)16(26)14(7-24)34-22/h4-5,8,13-30H,6-7H2,1-3H3/t13-,14-,15-,16-,17+,18+,19-,20-,21-,22-/m1/s1. The van der Waals surface area contributed by atoms with Gasteiger partial charge in [0.2, 0.25) is 12.6 Å². The van der Waals surface area contributed by atoms with Crippen LogP contribution in [0.1, 0.15) is 30.9 Å². The first kappa shape index (κ1) is 27.0. The molecule has 0 unspecified atom stereocenters. The highest BCUT2D eigenvalue weighted by Gasteiger charge is 2.46. The summed E-state index contributed by atoms with van der Waals surface area (Å²) in [4.78, 5) is 0. The molecule has 10 atom stereocenters. The molecule has 1 aromatic rings. The van der Waals surface area contributed by atoms with E-state index in [-0.39, 0.29) is 17.4 Å². The molecule has 2 heterocycles. The van der Waals surface area contributed by atoms with E-state index < -0.39 is 74.6 Å². The van der Waals surface area contributed by atoms with Crippen LogP contribution in [0.5, 0.6) is 11.5 Å². The van der Waals surface area contributed by atoms with Crippen LogP contribution < -0.4 is 9.47 Å². The van der Waals surface area contributed by atoms with Crippen molar-refractivity contribution in [3.8, 4) is 11.5 Å². The lowest BCUT2D eigenvalue weighted by Crippen LogP contribution is -2.60. The van der Waals surface area contributed by atoms with Gasteiger partial charge in [0.25, 0.3) is 0 Å². The second-order valence-electron chi connectivity index (χ2n) is 8.94. The molecule has 0 amide bonds. The lowest BCUT2D eigenvalue weighted by Gasteiger charge is -2.40. The summed E-state index contributed by atoms with van der Waals surface area (Å²) in [5.41, 5.74) is 1.11. The number of rotatable bonds is 7. The molecule has 0 aliphatic carbocycles. The quantitative estimate of drug-likeness (QED) is 0.200. The number of hydrogen-bond acceptors (Lipinski definition) is 12. The van der Waals surface area contributed by atoms with Gasteiger partial charge in [0.05, 0.1) is 13.2 Å². The van der Waals surface area contributed by atoms with Crippen molar-refractivity contribution in [3.05, 3.63) is 23.3 Å². The first-order chi connectivity index (χ1) is 16.0. The fourth-order valence-electron chi connectivity index (χ4n) is 3.94. The zero-order valence-electron chi connectivity index (χ0n) is 19.1. The number of aryl methyl sites for hydroxylation is 1. The van der Waals surface area contributed by atoms with Crippen molar-refractivity contribution in [1.82, 2.24) is 0 Å². The Bertz CT molecular complexity index is 815. The summed E-state index contributed by atoms with van der Waals surface area (Å²) in [6.07, 6.45) is -14.4. The number of hydrogen-bond donors (Lipinski definition) is 8. The molecular formula is C22H34O12. The molecule has 1 aromatic carbocycles. The Morgan fingerprint density at radius 3 is 1.56 bits per heavy atom. The summed E-state index contributed by atoms with van der Waals surface area (Å²) in [5, 5.41) is 79.3. The monoisotopic (exact) mass is 490 g/mol. The van der Waals surface area contributed by atoms with Gasteiger partial charge in [-0.05, 0) is 30.5 Å². The molecule has 0 bridgehead atoms. The smallest absolute Gasteiger partial charge is 0.229 e. The van der Waals surface area contributed by atoms with E-state index in [9.17, 15) is 40.9 Å². The molecule has 8 N–H and O–H groups in total. The van der Waals surface area contributed by atoms with Gasteiger partial charge in [0.1, 0.15) is 60.3 Å². The number of ether oxygens (including phenoxy) is 4. The van der Waals surface area contributed by atoms with E-state index in [4.69, 9.17) is 18.9 Å². The number of aliphatic hydroxyl groups excluding tert-OH is 8. The lowest BCUT2D eigenvalue weighted by atomic mass is 9.97. The fraction of sp³-hybridized carbons (Fsp3) is 0.727. The summed E-state index contributed by atoms with van der Waals surface area (Å²) in [5.74, 6) is 0.435. The van der Waals surface area contributed by atoms with Crippen LogP contribution in [0.4, 0.5) is 0 Å². The third kappa shape index (κ3) is 5.31. The van der Waals surface area contributed by atoms with E-state index in [0.717, 1.165) is 0 Å². The predicted molar refractivity (Wildman–Crippen MR) is 114 cm³/mol. The zero-order valence-corrected chi connectivity index (χ0v) is 19.1. The van der Waals surface area contributed by atoms with Crippen molar-refractivity contribution >= 4 is 0 Å². The summed E-state index contributed by atoms with van der Waals surface area (Å²) in [6.45, 7) is 4.22. The van der Waals surface area contributed by atoms with Crippen molar-refractivity contribution in [2.45, 2.75) is 88.1 Å². The van der Waals surface area contributed by atoms with E-state index >= 15 is 0 Å². The Morgan fingerprint density at radius 2 is 1.15 bits per heavy atom. The Hall–Kier alpha value is -1.58. The Kier molecular flexibility index (Phi) is 8.74. The Morgan fingerprint density at radius 1 is 0.706 bits per heavy atom. The molecule has 0 radical (unpaired) electrons. The van der Waals surface area contributed by atoms with Crippen LogP contribution in [0, 0.1) is 6.92 Å². The molecule has 2 aliphatic rings. The van der Waals surface area contributed by atoms with E-state index in [2.05, 4.69) is 0 Å². The second-order valence-corrected chi connectivity index (χ2v) is 8.94. The fourth-order valence-corrected chi connectivity index (χ4v) is 3.94. The van der Waals surface area contributed by atoms with E-state index in [0.29, 0.717) is 11.1 Å². The normalized spacial score (nSPS) is 38.7. The molecule has 0 aromatic heterocycles. The highest BCUT2D eigenvalue weighted by molar-refractivity contribution is 5.47. The van der Waals surface area contributed by atoms with Gasteiger partial charge in [0.15, 0.2) is 0 Å². The van der Waals surface area contributed by atoms with Gasteiger partial charge < -0.3 is 59.8 Å². The molecule has 194 valence electrons. The lowest BCUT2D eigenvalue weighted by molar-refractivity contribution is -0.278. The average molecular weight is 491 g/mol. The minimum atomic E-state index is -1.59. The Labute approximate surface area is 196 Å². The highest BCUT2D eigenvalue weighted by Crippen LogP contribution is 2.37. The van der Waals surface area contributed by atoms with Crippen molar-refractivity contribution in [2.75, 3.05) is 13.2 Å². The zero-order chi connectivity index (χ0) is 25.3. The molecule has 0 spiro atoms. The summed E-state index contributed by atoms with van der Waals surface area (Å²) in [6, 6.07) is 3.19. The Balaban J connectivity index is 1.85. The molecular weight excluding hydrogens is 456 g/mol. The van der Waals surface area contributed by atoms with Gasteiger partial charge in [-0.25, -0.2) is 0 Å². The van der Waals surface area contributed by atoms with Crippen molar-refractivity contribution in [3.63, 3.8) is 0 Å². The average Bonchev–Trinajstić information content (AvgIpc) is 2.80. The first-order valence-electron chi connectivity index (χ1n) is 11.1.